The summed E-state index contributed by atoms with van der Waals surface area (Å²) in [5.41, 5.74) is 4.64. The summed E-state index contributed by atoms with van der Waals surface area (Å²) in [5, 5.41) is 111. The number of para-hydroxylation sites is 1. The first-order chi connectivity index (χ1) is 59.7. The number of Topliss-reactive ketones (excluding diaryl/α,β-unsaturated/α-hetero) is 1. The number of carboxylic acids is 2. The molecule has 6 heterocycles. The number of carbonyl (C=O) groups is 10. The lowest BCUT2D eigenvalue weighted by Crippen LogP contribution is -2.60. The number of carboxylic acid groups (broad SMARTS) is 2. The maximum Gasteiger partial charge on any atom is 0.410 e. The highest BCUT2D eigenvalue weighted by Gasteiger charge is 2.63. The fourth-order valence-corrected chi connectivity index (χ4v) is 21.2. The number of benzene rings is 3. The number of aryl methyl sites for hydroxylation is 1. The van der Waals surface area contributed by atoms with E-state index in [0.717, 1.165) is 76.2 Å². The molecule has 3 bridgehead atoms. The normalized spacial score (nSPS) is 26.3. The van der Waals surface area contributed by atoms with Crippen molar-refractivity contribution in [1.29, 1.82) is 0 Å². The number of hydrogen-bond donors (Lipinski definition) is 14. The number of fused-ring (bicyclic) bond motifs is 4. The van der Waals surface area contributed by atoms with Crippen LogP contribution in [-0.2, 0) is 95.2 Å². The monoisotopic (exact) mass is 1790 g/mol. The molecule has 5 fully saturated rings. The molecule has 39 heteroatoms. The van der Waals surface area contributed by atoms with Gasteiger partial charge in [0.2, 0.25) is 17.7 Å². The summed E-state index contributed by atoms with van der Waals surface area (Å²) in [6.45, 7) is 9.71. The molecular formula is C87H109N11O26S2. The Kier molecular flexibility index (Phi) is 28.8. The molecule has 126 heavy (non-hydrogen) atoms. The van der Waals surface area contributed by atoms with Gasteiger partial charge < -0.3 is 90.7 Å². The third-order valence-corrected chi connectivity index (χ3v) is 27.7. The van der Waals surface area contributed by atoms with Crippen molar-refractivity contribution in [2.75, 3.05) is 67.3 Å². The molecule has 37 nitrogen and oxygen atoms in total. The second-order valence-corrected chi connectivity index (χ2v) is 38.1. The minimum atomic E-state index is -4.43. The Morgan fingerprint density at radius 1 is 0.825 bits per heavy atom. The molecule has 7 aliphatic rings. The summed E-state index contributed by atoms with van der Waals surface area (Å²) in [5.74, 6) is -10.7. The molecule has 6 aromatic rings. The quantitative estimate of drug-likeness (QED) is 0.0148. The van der Waals surface area contributed by atoms with E-state index in [4.69, 9.17) is 29.0 Å². The summed E-state index contributed by atoms with van der Waals surface area (Å²) >= 11 is 1.38. The van der Waals surface area contributed by atoms with Crippen molar-refractivity contribution >= 4 is 108 Å². The zero-order valence-corrected chi connectivity index (χ0v) is 72.2. The average Bonchev–Trinajstić information content (AvgIpc) is 0.827. The van der Waals surface area contributed by atoms with Crippen molar-refractivity contribution < 1.29 is 126 Å². The Labute approximate surface area is 730 Å². The van der Waals surface area contributed by atoms with Crippen LogP contribution in [0.2, 0.25) is 0 Å². The zero-order chi connectivity index (χ0) is 90.8. The largest absolute Gasteiger partial charge is 0.479 e. The molecule has 13 rings (SSSR count). The van der Waals surface area contributed by atoms with E-state index in [1.54, 1.807) is 38.2 Å². The Morgan fingerprint density at radius 3 is 2.29 bits per heavy atom. The van der Waals surface area contributed by atoms with Crippen molar-refractivity contribution in [3.63, 3.8) is 0 Å². The number of anilines is 3. The fraction of sp³-hybridized carbons (Fsp3) is 0.552. The van der Waals surface area contributed by atoms with Crippen LogP contribution < -0.4 is 26.2 Å². The molecule has 680 valence electrons. The Hall–Kier alpha value is -10.1. The molecular weight excluding hydrogens is 1680 g/mol. The van der Waals surface area contributed by atoms with E-state index in [-0.39, 0.29) is 103 Å². The van der Waals surface area contributed by atoms with Crippen molar-refractivity contribution in [2.45, 2.75) is 211 Å². The van der Waals surface area contributed by atoms with Gasteiger partial charge in [-0.1, -0.05) is 69.4 Å². The van der Waals surface area contributed by atoms with E-state index in [0.29, 0.717) is 65.7 Å². The van der Waals surface area contributed by atoms with Crippen LogP contribution in [0.1, 0.15) is 148 Å². The SMILES string of the molecule is Cc1c(-c2ccc(N3CCc4cccc(C(=O)Nc5nc6ccccc6s5)c4C3)nc2C(=O)O)cnn1CC12CC(OCCN(CC[C@@H](O)[C@H](O)[C@H](O)CO)C(=O)OCc3ccc(NC(=O)[C@H](C)NC(=O)[C@@H](NC(=O)CC4C(=O)[C@@H](N5C(=O)C=CC5=O)C[C@H]4COCCS(=O)(=O)O)C(C)C)cc3CC[C@@H]3O[C@H](C(=O)O)[C@@H](O)[C@H](O)[C@H]3O)C3CCC(C)(C1)CC3(C)C2. The smallest absolute Gasteiger partial charge is 0.410 e. The molecule has 4 saturated carbocycles. The van der Waals surface area contributed by atoms with Crippen LogP contribution in [0.5, 0.6) is 0 Å². The summed E-state index contributed by atoms with van der Waals surface area (Å²) in [7, 11) is -4.43. The predicted octanol–water partition coefficient (Wildman–Crippen LogP) is 4.11. The number of nitrogens with zero attached hydrogens (tertiary/aromatic N) is 7. The summed E-state index contributed by atoms with van der Waals surface area (Å²) in [6.07, 6.45) is -7.81. The Bertz CT molecular complexity index is 5220. The average molecular weight is 1790 g/mol. The van der Waals surface area contributed by atoms with Crippen molar-refractivity contribution in [1.82, 2.24) is 40.2 Å². The first kappa shape index (κ1) is 93.5. The molecule has 4 aliphatic carbocycles. The standard InChI is InChI=1S/C87H109N11O26S2/c1-45(2)70(93-67(102)34-55-51(39-121-30-31-126(118,119)120)33-60(72(55)105)98-68(103)20-21-69(98)104)80(112)89-46(3)78(110)90-52-16-14-50(49(32-52)15-18-63-74(107)75(108)76(109)77(124-63)82(115)116)40-123-84(117)95(27-24-61(100)73(106)62(101)38-99)28-29-122-64-35-87(42-85(5)25-22-58(64)86(6,41-85)43-87)44-97-47(4)56(36-88-97)53-17-19-66(92-71(53)81(113)114)96-26-23-48-10-9-11-54(57(48)37-96)79(111)94-83-91-59-12-7-8-13-65(59)125-83/h7-14,16-17,19-21,32,36,45-46,51,55,58,60-64,70,73-77,99-101,106-109H,15,18,22-31,33-35,37-44H2,1-6H3,(H,89,112)(H,90,110)(H,93,102)(H,113,114)(H,115,116)(H,91,94,111)(H,118,119,120)/t46-,51-,55?,58?,60-,61+,62+,63-,64?,70-,73-,74-,75+,76-,77-,85?,86?,87?/m0/s1. The van der Waals surface area contributed by atoms with E-state index in [2.05, 4.69) is 40.1 Å². The van der Waals surface area contributed by atoms with Gasteiger partial charge in [0.1, 0.15) is 55.0 Å². The van der Waals surface area contributed by atoms with Gasteiger partial charge in [0.05, 0.1) is 72.9 Å². The van der Waals surface area contributed by atoms with Gasteiger partial charge in [-0.25, -0.2) is 24.4 Å². The van der Waals surface area contributed by atoms with E-state index >= 15 is 0 Å². The molecule has 1 saturated heterocycles. The van der Waals surface area contributed by atoms with E-state index in [1.165, 1.54) is 41.4 Å². The number of thiazole rings is 1. The van der Waals surface area contributed by atoms with Gasteiger partial charge >= 0.3 is 18.0 Å². The number of pyridine rings is 1. The van der Waals surface area contributed by atoms with Gasteiger partial charge in [-0.05, 0) is 183 Å². The van der Waals surface area contributed by atoms with Crippen molar-refractivity contribution in [3.05, 3.63) is 130 Å². The van der Waals surface area contributed by atoms with Crippen LogP contribution >= 0.6 is 11.3 Å². The van der Waals surface area contributed by atoms with Crippen molar-refractivity contribution in [3.8, 4) is 11.1 Å². The number of hydrogen-bond acceptors (Lipinski definition) is 28. The maximum absolute atomic E-state index is 14.7. The summed E-state index contributed by atoms with van der Waals surface area (Å²) in [4.78, 5) is 149. The van der Waals surface area contributed by atoms with Crippen LogP contribution in [-0.4, -0.2) is 273 Å². The van der Waals surface area contributed by atoms with Crippen LogP contribution in [0, 0.1) is 46.8 Å². The van der Waals surface area contributed by atoms with E-state index < -0.39 is 180 Å². The van der Waals surface area contributed by atoms with Gasteiger partial charge in [0.25, 0.3) is 27.8 Å². The number of carbonyl (C=O) groups excluding carboxylic acids is 8. The third kappa shape index (κ3) is 21.0. The number of ether oxygens (including phenoxy) is 4. The first-order valence-corrected chi connectivity index (χ1v) is 44.7. The highest BCUT2D eigenvalue weighted by Crippen LogP contribution is 2.69. The number of aliphatic carboxylic acids is 1. The molecule has 3 aromatic heterocycles. The van der Waals surface area contributed by atoms with Gasteiger partial charge in [-0.2, -0.15) is 13.5 Å². The van der Waals surface area contributed by atoms with Crippen LogP contribution in [0.15, 0.2) is 91.1 Å². The number of aliphatic hydroxyl groups is 7. The third-order valence-electron chi connectivity index (χ3n) is 26.1. The molecule has 0 spiro atoms. The fourth-order valence-electron chi connectivity index (χ4n) is 20.1. The number of amides is 7. The van der Waals surface area contributed by atoms with Gasteiger partial charge in [-0.15, -0.1) is 0 Å². The lowest BCUT2D eigenvalue weighted by molar-refractivity contribution is -0.228. The topological polar surface area (TPSA) is 546 Å². The van der Waals surface area contributed by atoms with Crippen LogP contribution in [0.3, 0.4) is 0 Å². The zero-order valence-electron chi connectivity index (χ0n) is 70.6. The second kappa shape index (κ2) is 38.8. The lowest BCUT2D eigenvalue weighted by Gasteiger charge is -2.66. The molecule has 14 N–H and O–H groups in total. The van der Waals surface area contributed by atoms with E-state index in [9.17, 15) is 107 Å². The van der Waals surface area contributed by atoms with Gasteiger partial charge in [0.15, 0.2) is 22.7 Å². The van der Waals surface area contributed by atoms with Gasteiger partial charge in [-0.3, -0.25) is 53.0 Å². The minimum Gasteiger partial charge on any atom is -0.479 e. The maximum atomic E-state index is 14.7. The molecule has 3 aliphatic heterocycles. The van der Waals surface area contributed by atoms with Crippen LogP contribution in [0.4, 0.5) is 21.4 Å². The van der Waals surface area contributed by atoms with E-state index in [1.807, 2.05) is 52.9 Å². The molecule has 6 unspecified atom stereocenters. The lowest BCUT2D eigenvalue weighted by atomic mass is 9.41. The molecule has 7 amide bonds. The number of aromatic carboxylic acids is 1. The molecule has 0 radical (unpaired) electrons. The molecule has 3 aromatic carbocycles. The number of imide groups is 1. The number of rotatable bonds is 37. The first-order valence-electron chi connectivity index (χ1n) is 42.3. The second-order valence-electron chi connectivity index (χ2n) is 35.5. The van der Waals surface area contributed by atoms with Crippen LogP contribution in [0.25, 0.3) is 21.3 Å². The highest BCUT2D eigenvalue weighted by atomic mass is 32.2. The predicted molar refractivity (Wildman–Crippen MR) is 452 cm³/mol. The van der Waals surface area contributed by atoms with Crippen molar-refractivity contribution in [2.24, 2.45) is 39.9 Å². The molecule has 18 atom stereocenters. The van der Waals surface area contributed by atoms with Gasteiger partial charge in [0, 0.05) is 85.3 Å². The Balaban J connectivity index is 0.684. The minimum absolute atomic E-state index is 0.0274. The number of aromatic nitrogens is 4. The number of aliphatic hydroxyl groups excluding tert-OH is 7. The highest BCUT2D eigenvalue weighted by molar-refractivity contribution is 7.85. The Morgan fingerprint density at radius 2 is 1.58 bits per heavy atom. The number of nitrogens with one attached hydrogen (secondary N) is 4. The summed E-state index contributed by atoms with van der Waals surface area (Å²) in [6, 6.07) is 17.2. The summed E-state index contributed by atoms with van der Waals surface area (Å²) < 4.78 is 59.0. The number of ketones is 1.